The van der Waals surface area contributed by atoms with Gasteiger partial charge in [0.15, 0.2) is 0 Å². The van der Waals surface area contributed by atoms with Crippen LogP contribution in [0, 0.1) is 12.8 Å². The monoisotopic (exact) mass is 445 g/mol. The SMILES string of the molecule is Cc1cc(NC(=O)C2CCCN(c3nnc(-n4cccc4)s3)C2)ccc1Br. The first-order valence-electron chi connectivity index (χ1n) is 8.89. The van der Waals surface area contributed by atoms with Gasteiger partial charge in [-0.1, -0.05) is 27.3 Å². The molecular weight excluding hydrogens is 426 g/mol. The number of piperidine rings is 1. The maximum Gasteiger partial charge on any atom is 0.229 e. The lowest BCUT2D eigenvalue weighted by atomic mass is 9.97. The van der Waals surface area contributed by atoms with Gasteiger partial charge in [0.2, 0.25) is 16.2 Å². The summed E-state index contributed by atoms with van der Waals surface area (Å²) in [6.07, 6.45) is 5.77. The summed E-state index contributed by atoms with van der Waals surface area (Å²) in [6, 6.07) is 9.79. The van der Waals surface area contributed by atoms with E-state index >= 15 is 0 Å². The van der Waals surface area contributed by atoms with Crippen LogP contribution in [-0.2, 0) is 4.79 Å². The number of benzene rings is 1. The molecule has 6 nitrogen and oxygen atoms in total. The van der Waals surface area contributed by atoms with Gasteiger partial charge in [-0.3, -0.25) is 9.36 Å². The summed E-state index contributed by atoms with van der Waals surface area (Å²) >= 11 is 5.04. The van der Waals surface area contributed by atoms with Crippen LogP contribution < -0.4 is 10.2 Å². The van der Waals surface area contributed by atoms with Crippen molar-refractivity contribution >= 4 is 44.0 Å². The zero-order valence-corrected chi connectivity index (χ0v) is 17.3. The van der Waals surface area contributed by atoms with Crippen molar-refractivity contribution in [3.8, 4) is 5.13 Å². The Morgan fingerprint density at radius 3 is 2.81 bits per heavy atom. The molecule has 1 aliphatic heterocycles. The standard InChI is InChI=1S/C19H20BrN5OS/c1-13-11-15(6-7-16(13)20)21-17(26)14-5-4-10-25(12-14)19-23-22-18(27-19)24-8-2-3-9-24/h2-3,6-9,11,14H,4-5,10,12H2,1H3,(H,21,26). The second-order valence-electron chi connectivity index (χ2n) is 6.70. The lowest BCUT2D eigenvalue weighted by molar-refractivity contribution is -0.120. The maximum atomic E-state index is 12.7. The first kappa shape index (κ1) is 18.2. The number of amides is 1. The zero-order chi connectivity index (χ0) is 18.8. The van der Waals surface area contributed by atoms with Gasteiger partial charge in [0.05, 0.1) is 5.92 Å². The Labute approximate surface area is 170 Å². The van der Waals surface area contributed by atoms with Gasteiger partial charge in [-0.2, -0.15) is 0 Å². The minimum atomic E-state index is -0.0540. The molecule has 1 aromatic carbocycles. The zero-order valence-electron chi connectivity index (χ0n) is 14.9. The molecule has 1 saturated heterocycles. The molecule has 0 bridgehead atoms. The number of hydrogen-bond acceptors (Lipinski definition) is 5. The summed E-state index contributed by atoms with van der Waals surface area (Å²) in [5, 5.41) is 13.4. The second-order valence-corrected chi connectivity index (χ2v) is 8.48. The molecule has 27 heavy (non-hydrogen) atoms. The van der Waals surface area contributed by atoms with E-state index in [1.165, 1.54) is 0 Å². The van der Waals surface area contributed by atoms with E-state index in [9.17, 15) is 4.79 Å². The molecule has 0 saturated carbocycles. The molecule has 1 amide bonds. The molecule has 1 aliphatic rings. The van der Waals surface area contributed by atoms with Gasteiger partial charge in [0.25, 0.3) is 0 Å². The van der Waals surface area contributed by atoms with Crippen molar-refractivity contribution in [3.05, 3.63) is 52.8 Å². The van der Waals surface area contributed by atoms with E-state index in [-0.39, 0.29) is 11.8 Å². The van der Waals surface area contributed by atoms with Crippen molar-refractivity contribution in [1.82, 2.24) is 14.8 Å². The van der Waals surface area contributed by atoms with Gasteiger partial charge < -0.3 is 10.2 Å². The van der Waals surface area contributed by atoms with Crippen LogP contribution in [0.1, 0.15) is 18.4 Å². The highest BCUT2D eigenvalue weighted by Crippen LogP contribution is 2.28. The van der Waals surface area contributed by atoms with E-state index in [0.717, 1.165) is 45.4 Å². The minimum absolute atomic E-state index is 0.0540. The van der Waals surface area contributed by atoms with E-state index in [1.807, 2.05) is 54.2 Å². The van der Waals surface area contributed by atoms with E-state index in [4.69, 9.17) is 0 Å². The number of aryl methyl sites for hydroxylation is 1. The molecular formula is C19H20BrN5OS. The van der Waals surface area contributed by atoms with Crippen LogP contribution in [-0.4, -0.2) is 33.8 Å². The Balaban J connectivity index is 1.43. The fourth-order valence-corrected chi connectivity index (χ4v) is 4.33. The molecule has 0 spiro atoms. The molecule has 1 fully saturated rings. The van der Waals surface area contributed by atoms with Gasteiger partial charge in [0.1, 0.15) is 0 Å². The van der Waals surface area contributed by atoms with Gasteiger partial charge in [-0.25, -0.2) is 0 Å². The smallest absolute Gasteiger partial charge is 0.229 e. The first-order chi connectivity index (χ1) is 13.1. The Bertz CT molecular complexity index is 939. The fourth-order valence-electron chi connectivity index (χ4n) is 3.23. The van der Waals surface area contributed by atoms with Crippen LogP contribution in [0.4, 0.5) is 10.8 Å². The summed E-state index contributed by atoms with van der Waals surface area (Å²) < 4.78 is 2.99. The molecule has 3 aromatic rings. The highest BCUT2D eigenvalue weighted by molar-refractivity contribution is 9.10. The summed E-state index contributed by atoms with van der Waals surface area (Å²) in [4.78, 5) is 14.9. The number of hydrogen-bond donors (Lipinski definition) is 1. The Morgan fingerprint density at radius 1 is 1.26 bits per heavy atom. The van der Waals surface area contributed by atoms with Crippen molar-refractivity contribution < 1.29 is 4.79 Å². The Morgan fingerprint density at radius 2 is 2.04 bits per heavy atom. The highest BCUT2D eigenvalue weighted by atomic mass is 79.9. The Kier molecular flexibility index (Phi) is 5.27. The lowest BCUT2D eigenvalue weighted by Gasteiger charge is -2.31. The number of anilines is 2. The topological polar surface area (TPSA) is 63.1 Å². The number of carbonyl (C=O) groups excluding carboxylic acids is 1. The van der Waals surface area contributed by atoms with Crippen molar-refractivity contribution in [2.75, 3.05) is 23.3 Å². The quantitative estimate of drug-likeness (QED) is 0.651. The minimum Gasteiger partial charge on any atom is -0.346 e. The third kappa shape index (κ3) is 4.06. The van der Waals surface area contributed by atoms with Gasteiger partial charge in [-0.15, -0.1) is 10.2 Å². The molecule has 3 heterocycles. The third-order valence-corrected chi connectivity index (χ3v) is 6.60. The van der Waals surface area contributed by atoms with Crippen molar-refractivity contribution in [1.29, 1.82) is 0 Å². The van der Waals surface area contributed by atoms with E-state index in [0.29, 0.717) is 6.54 Å². The number of nitrogens with zero attached hydrogens (tertiary/aromatic N) is 4. The molecule has 4 rings (SSSR count). The number of aromatic nitrogens is 3. The number of rotatable bonds is 4. The number of nitrogens with one attached hydrogen (secondary N) is 1. The molecule has 0 aliphatic carbocycles. The van der Waals surface area contributed by atoms with Crippen LogP contribution in [0.3, 0.4) is 0 Å². The van der Waals surface area contributed by atoms with Crippen LogP contribution in [0.15, 0.2) is 47.2 Å². The molecule has 1 unspecified atom stereocenters. The van der Waals surface area contributed by atoms with Crippen molar-refractivity contribution in [2.45, 2.75) is 19.8 Å². The molecule has 0 radical (unpaired) electrons. The first-order valence-corrected chi connectivity index (χ1v) is 10.5. The van der Waals surface area contributed by atoms with Crippen molar-refractivity contribution in [2.24, 2.45) is 5.92 Å². The van der Waals surface area contributed by atoms with E-state index in [1.54, 1.807) is 11.3 Å². The summed E-state index contributed by atoms with van der Waals surface area (Å²) in [7, 11) is 0. The van der Waals surface area contributed by atoms with Crippen LogP contribution in [0.5, 0.6) is 0 Å². The predicted octanol–water partition coefficient (Wildman–Crippen LogP) is 4.25. The molecule has 1 atom stereocenters. The maximum absolute atomic E-state index is 12.7. The fraction of sp³-hybridized carbons (Fsp3) is 0.316. The highest BCUT2D eigenvalue weighted by Gasteiger charge is 2.28. The largest absolute Gasteiger partial charge is 0.346 e. The molecule has 1 N–H and O–H groups in total. The van der Waals surface area contributed by atoms with E-state index in [2.05, 4.69) is 36.3 Å². The third-order valence-electron chi connectivity index (χ3n) is 4.72. The van der Waals surface area contributed by atoms with Crippen LogP contribution in [0.25, 0.3) is 5.13 Å². The van der Waals surface area contributed by atoms with Gasteiger partial charge >= 0.3 is 0 Å². The average molecular weight is 446 g/mol. The van der Waals surface area contributed by atoms with Crippen LogP contribution in [0.2, 0.25) is 0 Å². The normalized spacial score (nSPS) is 17.1. The van der Waals surface area contributed by atoms with Crippen LogP contribution >= 0.6 is 27.3 Å². The summed E-state index contributed by atoms with van der Waals surface area (Å²) in [6.45, 7) is 3.59. The molecule has 140 valence electrons. The second kappa shape index (κ2) is 7.82. The Hall–Kier alpha value is -2.19. The van der Waals surface area contributed by atoms with Crippen molar-refractivity contribution in [3.63, 3.8) is 0 Å². The number of carbonyl (C=O) groups is 1. The lowest BCUT2D eigenvalue weighted by Crippen LogP contribution is -2.40. The molecule has 2 aromatic heterocycles. The summed E-state index contributed by atoms with van der Waals surface area (Å²) in [5.41, 5.74) is 1.94. The molecule has 8 heteroatoms. The summed E-state index contributed by atoms with van der Waals surface area (Å²) in [5.74, 6) is 0.0122. The number of halogens is 1. The van der Waals surface area contributed by atoms with E-state index < -0.39 is 0 Å². The average Bonchev–Trinajstić information content (AvgIpc) is 3.36. The van der Waals surface area contributed by atoms with Gasteiger partial charge in [0, 0.05) is 35.6 Å². The predicted molar refractivity (Wildman–Crippen MR) is 112 cm³/mol. The van der Waals surface area contributed by atoms with Gasteiger partial charge in [-0.05, 0) is 55.7 Å².